The maximum atomic E-state index is 10.4. The van der Waals surface area contributed by atoms with E-state index < -0.39 is 12.6 Å². The number of nitrogens with zero attached hydrogens (tertiary/aromatic N) is 1. The van der Waals surface area contributed by atoms with E-state index in [1.807, 2.05) is 0 Å². The summed E-state index contributed by atoms with van der Waals surface area (Å²) in [7, 11) is 0. The van der Waals surface area contributed by atoms with Crippen molar-refractivity contribution in [3.05, 3.63) is 0 Å². The molecule has 2 fully saturated rings. The maximum Gasteiger partial charge on any atom is 0.344 e. The van der Waals surface area contributed by atoms with E-state index in [9.17, 15) is 15.0 Å². The van der Waals surface area contributed by atoms with Gasteiger partial charge in [0.2, 0.25) is 6.61 Å². The van der Waals surface area contributed by atoms with Gasteiger partial charge in [-0.2, -0.15) is 0 Å². The minimum Gasteiger partial charge on any atom is -0.479 e. The summed E-state index contributed by atoms with van der Waals surface area (Å²) < 4.78 is 0. The van der Waals surface area contributed by atoms with E-state index in [2.05, 4.69) is 12.1 Å². The average molecular weight is 341 g/mol. The lowest BCUT2D eigenvalue weighted by Gasteiger charge is -2.33. The van der Waals surface area contributed by atoms with Gasteiger partial charge in [-0.25, -0.2) is 4.79 Å². The van der Waals surface area contributed by atoms with Crippen LogP contribution in [-0.2, 0) is 9.63 Å². The molecule has 0 amide bonds. The number of aliphatic hydroxyl groups is 2. The van der Waals surface area contributed by atoms with Crippen LogP contribution in [0, 0.1) is 17.8 Å². The van der Waals surface area contributed by atoms with Crippen LogP contribution in [0.15, 0.2) is 5.16 Å². The highest BCUT2D eigenvalue weighted by atomic mass is 16.6. The summed E-state index contributed by atoms with van der Waals surface area (Å²) in [6.07, 6.45) is 8.08. The molecule has 0 spiro atoms. The Morgan fingerprint density at radius 3 is 2.83 bits per heavy atom. The average Bonchev–Trinajstić information content (AvgIpc) is 2.77. The molecule has 3 N–H and O–H groups in total. The highest BCUT2D eigenvalue weighted by Crippen LogP contribution is 2.49. The fraction of sp³-hybridized carbons (Fsp3) is 0.889. The van der Waals surface area contributed by atoms with Gasteiger partial charge in [0.05, 0.1) is 17.9 Å². The zero-order valence-corrected chi connectivity index (χ0v) is 14.6. The zero-order valence-electron chi connectivity index (χ0n) is 14.6. The minimum atomic E-state index is -1.03. The number of carboxylic acid groups (broad SMARTS) is 1. The lowest BCUT2D eigenvalue weighted by atomic mass is 9.73. The molecule has 2 aliphatic rings. The Morgan fingerprint density at radius 1 is 1.33 bits per heavy atom. The van der Waals surface area contributed by atoms with Crippen LogP contribution in [0.4, 0.5) is 0 Å². The van der Waals surface area contributed by atoms with Crippen molar-refractivity contribution in [1.29, 1.82) is 0 Å². The molecule has 2 saturated carbocycles. The molecule has 0 bridgehead atoms. The van der Waals surface area contributed by atoms with Crippen molar-refractivity contribution in [2.45, 2.75) is 76.9 Å². The third-order valence-electron chi connectivity index (χ3n) is 5.50. The van der Waals surface area contributed by atoms with Gasteiger partial charge in [0.15, 0.2) is 0 Å². The Hall–Kier alpha value is -1.14. The molecule has 0 heterocycles. The number of hydrogen-bond acceptors (Lipinski definition) is 5. The molecule has 2 rings (SSSR count). The maximum absolute atomic E-state index is 10.4. The summed E-state index contributed by atoms with van der Waals surface area (Å²) in [5, 5.41) is 32.9. The largest absolute Gasteiger partial charge is 0.479 e. The molecule has 2 aliphatic carbocycles. The van der Waals surface area contributed by atoms with Crippen LogP contribution >= 0.6 is 0 Å². The summed E-state index contributed by atoms with van der Waals surface area (Å²) in [6, 6.07) is 0. The number of carbonyl (C=O) groups is 1. The predicted octanol–water partition coefficient (Wildman–Crippen LogP) is 2.57. The van der Waals surface area contributed by atoms with Gasteiger partial charge >= 0.3 is 5.97 Å². The second kappa shape index (κ2) is 9.37. The fourth-order valence-corrected chi connectivity index (χ4v) is 4.03. The second-order valence-corrected chi connectivity index (χ2v) is 7.29. The van der Waals surface area contributed by atoms with Gasteiger partial charge < -0.3 is 20.2 Å². The highest BCUT2D eigenvalue weighted by molar-refractivity contribution is 5.93. The molecule has 0 aromatic heterocycles. The molecule has 24 heavy (non-hydrogen) atoms. The van der Waals surface area contributed by atoms with Crippen LogP contribution in [0.25, 0.3) is 0 Å². The SMILES string of the molecule is CCCCCCC(O)CCC1CC2/C(=N\OCC(=O)O)CC2C1O. The van der Waals surface area contributed by atoms with Gasteiger partial charge in [0.1, 0.15) is 0 Å². The van der Waals surface area contributed by atoms with E-state index in [0.29, 0.717) is 6.42 Å². The van der Waals surface area contributed by atoms with Crippen LogP contribution < -0.4 is 0 Å². The predicted molar refractivity (Wildman–Crippen MR) is 90.7 cm³/mol. The van der Waals surface area contributed by atoms with E-state index >= 15 is 0 Å². The van der Waals surface area contributed by atoms with Crippen molar-refractivity contribution in [1.82, 2.24) is 0 Å². The number of aliphatic hydroxyl groups excluding tert-OH is 2. The van der Waals surface area contributed by atoms with Gasteiger partial charge in [-0.15, -0.1) is 0 Å². The topological polar surface area (TPSA) is 99.4 Å². The van der Waals surface area contributed by atoms with Crippen LogP contribution in [0.5, 0.6) is 0 Å². The van der Waals surface area contributed by atoms with Crippen LogP contribution in [0.2, 0.25) is 0 Å². The first-order valence-corrected chi connectivity index (χ1v) is 9.29. The van der Waals surface area contributed by atoms with E-state index in [4.69, 9.17) is 9.94 Å². The van der Waals surface area contributed by atoms with Crippen molar-refractivity contribution in [3.8, 4) is 0 Å². The van der Waals surface area contributed by atoms with Crippen molar-refractivity contribution in [2.24, 2.45) is 22.9 Å². The quantitative estimate of drug-likeness (QED) is 0.396. The number of carboxylic acids is 1. The summed E-state index contributed by atoms with van der Waals surface area (Å²) in [4.78, 5) is 15.2. The Bertz CT molecular complexity index is 439. The number of fused-ring (bicyclic) bond motifs is 1. The Morgan fingerprint density at radius 2 is 2.12 bits per heavy atom. The van der Waals surface area contributed by atoms with Crippen LogP contribution in [-0.4, -0.2) is 45.8 Å². The van der Waals surface area contributed by atoms with Gasteiger partial charge in [-0.1, -0.05) is 37.8 Å². The number of unbranched alkanes of at least 4 members (excludes halogenated alkanes) is 3. The molecule has 5 atom stereocenters. The van der Waals surface area contributed by atoms with Crippen molar-refractivity contribution < 1.29 is 25.0 Å². The van der Waals surface area contributed by atoms with Crippen molar-refractivity contribution >= 4 is 11.7 Å². The molecule has 6 heteroatoms. The van der Waals surface area contributed by atoms with Gasteiger partial charge in [-0.3, -0.25) is 0 Å². The standard InChI is InChI=1S/C18H31NO5/c1-2-3-4-5-6-13(20)8-7-12-9-14-15(18(12)23)10-16(14)19-24-11-17(21)22/h12-15,18,20,23H,2-11H2,1H3,(H,21,22)/b19-16-. The monoisotopic (exact) mass is 341 g/mol. The van der Waals surface area contributed by atoms with Crippen LogP contribution in [0.3, 0.4) is 0 Å². The van der Waals surface area contributed by atoms with Crippen molar-refractivity contribution in [2.75, 3.05) is 6.61 Å². The molecule has 138 valence electrons. The van der Waals surface area contributed by atoms with E-state index in [1.165, 1.54) is 19.3 Å². The third-order valence-corrected chi connectivity index (χ3v) is 5.50. The second-order valence-electron chi connectivity index (χ2n) is 7.29. The third kappa shape index (κ3) is 5.18. The van der Waals surface area contributed by atoms with Gasteiger partial charge in [0.25, 0.3) is 0 Å². The lowest BCUT2D eigenvalue weighted by Crippen LogP contribution is -2.38. The van der Waals surface area contributed by atoms with E-state index in [1.54, 1.807) is 0 Å². The Balaban J connectivity index is 1.68. The normalized spacial score (nSPS) is 31.5. The highest BCUT2D eigenvalue weighted by Gasteiger charge is 2.51. The summed E-state index contributed by atoms with van der Waals surface area (Å²) in [6.45, 7) is 1.76. The molecule has 0 radical (unpaired) electrons. The van der Waals surface area contributed by atoms with Gasteiger partial charge in [0, 0.05) is 5.92 Å². The number of oxime groups is 1. The molecular formula is C18H31NO5. The zero-order chi connectivity index (χ0) is 17.5. The fourth-order valence-electron chi connectivity index (χ4n) is 4.03. The van der Waals surface area contributed by atoms with E-state index in [-0.39, 0.29) is 30.0 Å². The Labute approximate surface area is 143 Å². The number of aliphatic carboxylic acids is 1. The Kier molecular flexibility index (Phi) is 7.49. The first-order chi connectivity index (χ1) is 11.5. The summed E-state index contributed by atoms with van der Waals surface area (Å²) >= 11 is 0. The molecule has 0 aromatic carbocycles. The van der Waals surface area contributed by atoms with Crippen molar-refractivity contribution in [3.63, 3.8) is 0 Å². The van der Waals surface area contributed by atoms with Crippen LogP contribution in [0.1, 0.15) is 64.7 Å². The molecule has 0 aromatic rings. The molecule has 6 nitrogen and oxygen atoms in total. The smallest absolute Gasteiger partial charge is 0.344 e. The molecule has 0 aliphatic heterocycles. The molecular weight excluding hydrogens is 310 g/mol. The number of hydrogen-bond donors (Lipinski definition) is 3. The molecule has 0 saturated heterocycles. The first-order valence-electron chi connectivity index (χ1n) is 9.29. The first kappa shape index (κ1) is 19.2. The molecule has 5 unspecified atom stereocenters. The van der Waals surface area contributed by atoms with Gasteiger partial charge in [-0.05, 0) is 43.9 Å². The number of rotatable bonds is 11. The lowest BCUT2D eigenvalue weighted by molar-refractivity contribution is -0.142. The van der Waals surface area contributed by atoms with E-state index in [0.717, 1.165) is 37.8 Å². The minimum absolute atomic E-state index is 0.206. The summed E-state index contributed by atoms with van der Waals surface area (Å²) in [5.74, 6) is -0.380. The summed E-state index contributed by atoms with van der Waals surface area (Å²) in [5.41, 5.74) is 0.878.